The Morgan fingerprint density at radius 1 is 1.09 bits per heavy atom. The van der Waals surface area contributed by atoms with Gasteiger partial charge in [-0.05, 0) is 33.3 Å². The lowest BCUT2D eigenvalue weighted by Gasteiger charge is -2.14. The number of esters is 1. The van der Waals surface area contributed by atoms with Crippen LogP contribution >= 0.6 is 0 Å². The topological polar surface area (TPSA) is 84.5 Å². The van der Waals surface area contributed by atoms with Gasteiger partial charge in [-0.15, -0.1) is 0 Å². The van der Waals surface area contributed by atoms with Gasteiger partial charge < -0.3 is 10.1 Å². The summed E-state index contributed by atoms with van der Waals surface area (Å²) in [7, 11) is 0. The molecule has 6 nitrogen and oxygen atoms in total. The Morgan fingerprint density at radius 2 is 1.68 bits per heavy atom. The van der Waals surface area contributed by atoms with Crippen molar-refractivity contribution in [1.29, 1.82) is 0 Å². The first-order chi connectivity index (χ1) is 10.3. The van der Waals surface area contributed by atoms with E-state index in [2.05, 4.69) is 10.6 Å². The zero-order valence-electron chi connectivity index (χ0n) is 13.3. The van der Waals surface area contributed by atoms with E-state index in [1.807, 2.05) is 31.2 Å². The molecule has 0 radical (unpaired) electrons. The van der Waals surface area contributed by atoms with Crippen LogP contribution in [-0.2, 0) is 20.7 Å². The van der Waals surface area contributed by atoms with E-state index in [4.69, 9.17) is 4.74 Å². The molecule has 0 saturated heterocycles. The summed E-state index contributed by atoms with van der Waals surface area (Å²) in [6.07, 6.45) is -0.952. The molecule has 0 bridgehead atoms. The molecule has 3 amide bonds. The summed E-state index contributed by atoms with van der Waals surface area (Å²) in [5, 5.41) is 4.64. The molecule has 0 unspecified atom stereocenters. The lowest BCUT2D eigenvalue weighted by atomic mass is 10.1. The van der Waals surface area contributed by atoms with Crippen LogP contribution in [0.2, 0.25) is 0 Å². The van der Waals surface area contributed by atoms with Crippen molar-refractivity contribution in [3.63, 3.8) is 0 Å². The molecule has 1 aromatic carbocycles. The highest BCUT2D eigenvalue weighted by atomic mass is 16.5. The molecule has 0 aliphatic carbocycles. The number of aryl methyl sites for hydroxylation is 1. The zero-order valence-corrected chi connectivity index (χ0v) is 13.3. The number of hydrogen-bond donors (Lipinski definition) is 2. The fourth-order valence-corrected chi connectivity index (χ4v) is 1.68. The van der Waals surface area contributed by atoms with Crippen LogP contribution in [0.3, 0.4) is 0 Å². The summed E-state index contributed by atoms with van der Waals surface area (Å²) in [5.41, 5.74) is 1.90. The summed E-state index contributed by atoms with van der Waals surface area (Å²) < 4.78 is 5.02. The minimum atomic E-state index is -1.03. The van der Waals surface area contributed by atoms with Gasteiger partial charge in [0.15, 0.2) is 6.10 Å². The number of rotatable bonds is 5. The first-order valence-corrected chi connectivity index (χ1v) is 7.14. The second-order valence-corrected chi connectivity index (χ2v) is 5.41. The number of hydrogen-bond acceptors (Lipinski definition) is 4. The highest BCUT2D eigenvalue weighted by molar-refractivity contribution is 5.97. The van der Waals surface area contributed by atoms with Gasteiger partial charge in [0.25, 0.3) is 5.91 Å². The first kappa shape index (κ1) is 17.7. The van der Waals surface area contributed by atoms with E-state index in [1.54, 1.807) is 13.8 Å². The molecule has 22 heavy (non-hydrogen) atoms. The summed E-state index contributed by atoms with van der Waals surface area (Å²) in [4.78, 5) is 34.9. The third-order valence-corrected chi connectivity index (χ3v) is 2.80. The maximum absolute atomic E-state index is 11.8. The van der Waals surface area contributed by atoms with E-state index >= 15 is 0 Å². The second-order valence-electron chi connectivity index (χ2n) is 5.41. The van der Waals surface area contributed by atoms with Gasteiger partial charge >= 0.3 is 12.0 Å². The Labute approximate surface area is 130 Å². The summed E-state index contributed by atoms with van der Waals surface area (Å²) in [6.45, 7) is 6.92. The SMILES string of the molecule is Cc1ccc(CC(=O)O[C@@H](C)C(=O)NC(=O)NC(C)C)cc1. The third kappa shape index (κ3) is 6.39. The molecule has 1 aromatic rings. The molecule has 0 saturated carbocycles. The number of imide groups is 1. The Morgan fingerprint density at radius 3 is 2.23 bits per heavy atom. The quantitative estimate of drug-likeness (QED) is 0.811. The van der Waals surface area contributed by atoms with E-state index in [1.165, 1.54) is 6.92 Å². The third-order valence-electron chi connectivity index (χ3n) is 2.80. The normalized spacial score (nSPS) is 11.7. The van der Waals surface area contributed by atoms with Crippen LogP contribution < -0.4 is 10.6 Å². The average Bonchev–Trinajstić information content (AvgIpc) is 2.40. The van der Waals surface area contributed by atoms with E-state index in [0.717, 1.165) is 11.1 Å². The second kappa shape index (κ2) is 8.17. The molecule has 0 fully saturated rings. The zero-order chi connectivity index (χ0) is 16.7. The molecule has 6 heteroatoms. The molecular weight excluding hydrogens is 284 g/mol. The summed E-state index contributed by atoms with van der Waals surface area (Å²) in [6, 6.07) is 6.76. The van der Waals surface area contributed by atoms with Crippen molar-refractivity contribution >= 4 is 17.9 Å². The summed E-state index contributed by atoms with van der Waals surface area (Å²) in [5.74, 6) is -1.17. The van der Waals surface area contributed by atoms with Crippen molar-refractivity contribution < 1.29 is 19.1 Å². The Balaban J connectivity index is 2.44. The molecule has 0 heterocycles. The van der Waals surface area contributed by atoms with Crippen LogP contribution in [0.4, 0.5) is 4.79 Å². The summed E-state index contributed by atoms with van der Waals surface area (Å²) >= 11 is 0. The lowest BCUT2D eigenvalue weighted by Crippen LogP contribution is -2.46. The van der Waals surface area contributed by atoms with E-state index in [9.17, 15) is 14.4 Å². The number of nitrogens with one attached hydrogen (secondary N) is 2. The van der Waals surface area contributed by atoms with Gasteiger partial charge in [0.2, 0.25) is 0 Å². The number of amides is 3. The fourth-order valence-electron chi connectivity index (χ4n) is 1.68. The van der Waals surface area contributed by atoms with Crippen LogP contribution in [0.15, 0.2) is 24.3 Å². The van der Waals surface area contributed by atoms with Crippen LogP contribution in [0.5, 0.6) is 0 Å². The Bertz CT molecular complexity index is 538. The van der Waals surface area contributed by atoms with Crippen molar-refractivity contribution in [3.05, 3.63) is 35.4 Å². The van der Waals surface area contributed by atoms with Crippen molar-refractivity contribution in [2.24, 2.45) is 0 Å². The molecule has 120 valence electrons. The van der Waals surface area contributed by atoms with Gasteiger partial charge in [0.1, 0.15) is 0 Å². The molecular formula is C16H22N2O4. The molecule has 2 N–H and O–H groups in total. The predicted octanol–water partition coefficient (Wildman–Crippen LogP) is 1.70. The Kier molecular flexibility index (Phi) is 6.56. The molecule has 0 aliphatic rings. The molecule has 1 atom stereocenters. The molecule has 0 spiro atoms. The lowest BCUT2D eigenvalue weighted by molar-refractivity contribution is -0.153. The molecule has 0 aromatic heterocycles. The van der Waals surface area contributed by atoms with Crippen molar-refractivity contribution in [1.82, 2.24) is 10.6 Å². The molecule has 1 rings (SSSR count). The monoisotopic (exact) mass is 306 g/mol. The van der Waals surface area contributed by atoms with Gasteiger partial charge in [-0.1, -0.05) is 29.8 Å². The standard InChI is InChI=1S/C16H22N2O4/c1-10(2)17-16(21)18-15(20)12(4)22-14(19)9-13-7-5-11(3)6-8-13/h5-8,10,12H,9H2,1-4H3,(H2,17,18,20,21)/t12-/m0/s1. The highest BCUT2D eigenvalue weighted by Gasteiger charge is 2.20. The minimum Gasteiger partial charge on any atom is -0.452 e. The molecule has 0 aliphatic heterocycles. The number of urea groups is 1. The van der Waals surface area contributed by atoms with Gasteiger partial charge in [-0.25, -0.2) is 4.79 Å². The van der Waals surface area contributed by atoms with Crippen molar-refractivity contribution in [2.75, 3.05) is 0 Å². The largest absolute Gasteiger partial charge is 0.452 e. The van der Waals surface area contributed by atoms with Crippen molar-refractivity contribution in [3.8, 4) is 0 Å². The number of carbonyl (C=O) groups excluding carboxylic acids is 3. The number of carbonyl (C=O) groups is 3. The van der Waals surface area contributed by atoms with Crippen molar-refractivity contribution in [2.45, 2.75) is 46.3 Å². The van der Waals surface area contributed by atoms with Crippen LogP contribution in [0.25, 0.3) is 0 Å². The maximum atomic E-state index is 11.8. The predicted molar refractivity (Wildman–Crippen MR) is 82.2 cm³/mol. The smallest absolute Gasteiger partial charge is 0.321 e. The Hall–Kier alpha value is -2.37. The average molecular weight is 306 g/mol. The van der Waals surface area contributed by atoms with Gasteiger partial charge in [0.05, 0.1) is 6.42 Å². The van der Waals surface area contributed by atoms with Gasteiger partial charge in [-0.2, -0.15) is 0 Å². The van der Waals surface area contributed by atoms with Crippen LogP contribution in [0.1, 0.15) is 31.9 Å². The fraction of sp³-hybridized carbons (Fsp3) is 0.438. The van der Waals surface area contributed by atoms with Gasteiger partial charge in [-0.3, -0.25) is 14.9 Å². The number of benzene rings is 1. The maximum Gasteiger partial charge on any atom is 0.321 e. The van der Waals surface area contributed by atoms with Crippen LogP contribution in [0, 0.1) is 6.92 Å². The van der Waals surface area contributed by atoms with E-state index in [0.29, 0.717) is 0 Å². The van der Waals surface area contributed by atoms with Gasteiger partial charge in [0, 0.05) is 6.04 Å². The highest BCUT2D eigenvalue weighted by Crippen LogP contribution is 2.05. The first-order valence-electron chi connectivity index (χ1n) is 7.14. The van der Waals surface area contributed by atoms with Crippen LogP contribution in [-0.4, -0.2) is 30.1 Å². The minimum absolute atomic E-state index is 0.0795. The number of ether oxygens (including phenoxy) is 1. The van der Waals surface area contributed by atoms with E-state index in [-0.39, 0.29) is 12.5 Å². The van der Waals surface area contributed by atoms with E-state index < -0.39 is 24.0 Å².